The number of rotatable bonds is 21. The van der Waals surface area contributed by atoms with Crippen molar-refractivity contribution in [1.29, 1.82) is 0 Å². The molecule has 0 spiro atoms. The van der Waals surface area contributed by atoms with Gasteiger partial charge in [0.25, 0.3) is 0 Å². The van der Waals surface area contributed by atoms with Crippen LogP contribution in [0.2, 0.25) is 0 Å². The smallest absolute Gasteiger partial charge is 0.125 e. The molecule has 0 aromatic carbocycles. The number of nitrogens with zero attached hydrogens (tertiary/aromatic N) is 1. The molecule has 0 fully saturated rings. The highest BCUT2D eigenvalue weighted by molar-refractivity contribution is 4.83. The number of aliphatic hydroxyl groups is 2. The molecule has 0 aliphatic heterocycles. The van der Waals surface area contributed by atoms with E-state index < -0.39 is 12.5 Å². The van der Waals surface area contributed by atoms with E-state index in [-0.39, 0.29) is 0 Å². The summed E-state index contributed by atoms with van der Waals surface area (Å²) in [7, 11) is 0. The van der Waals surface area contributed by atoms with Crippen LogP contribution in [0.4, 0.5) is 0 Å². The SMILES string of the molecule is CCCCCCCCCCCCCCCCCCCC=CN(C(C)O)C(C)O. The Hall–Kier alpha value is -0.540. The van der Waals surface area contributed by atoms with Crippen molar-refractivity contribution in [3.63, 3.8) is 0 Å². The predicted octanol–water partition coefficient (Wildman–Crippen LogP) is 7.52. The highest BCUT2D eigenvalue weighted by atomic mass is 16.3. The minimum atomic E-state index is -0.646. The maximum absolute atomic E-state index is 9.55. The lowest BCUT2D eigenvalue weighted by molar-refractivity contribution is -0.0513. The molecule has 0 aliphatic rings. The Labute approximate surface area is 176 Å². The normalized spacial score (nSPS) is 13.9. The van der Waals surface area contributed by atoms with Gasteiger partial charge in [-0.25, -0.2) is 0 Å². The Bertz CT molecular complexity index is 321. The molecular weight excluding hydrogens is 346 g/mol. The molecule has 0 amide bonds. The summed E-state index contributed by atoms with van der Waals surface area (Å²) < 4.78 is 0. The molecule has 3 nitrogen and oxygen atoms in total. The lowest BCUT2D eigenvalue weighted by Gasteiger charge is -2.26. The zero-order valence-corrected chi connectivity index (χ0v) is 19.4. The van der Waals surface area contributed by atoms with Crippen molar-refractivity contribution in [3.05, 3.63) is 12.3 Å². The molecule has 0 saturated heterocycles. The molecule has 0 aromatic heterocycles. The van der Waals surface area contributed by atoms with Crippen molar-refractivity contribution in [2.75, 3.05) is 0 Å². The van der Waals surface area contributed by atoms with Gasteiger partial charge >= 0.3 is 0 Å². The molecule has 168 valence electrons. The van der Waals surface area contributed by atoms with Gasteiger partial charge in [0, 0.05) is 6.20 Å². The van der Waals surface area contributed by atoms with Crippen molar-refractivity contribution in [2.45, 2.75) is 149 Å². The molecule has 2 unspecified atom stereocenters. The first-order valence-electron chi connectivity index (χ1n) is 12.4. The van der Waals surface area contributed by atoms with Crippen LogP contribution >= 0.6 is 0 Å². The number of hydrogen-bond donors (Lipinski definition) is 2. The van der Waals surface area contributed by atoms with Gasteiger partial charge in [0.15, 0.2) is 0 Å². The topological polar surface area (TPSA) is 43.7 Å². The van der Waals surface area contributed by atoms with Gasteiger partial charge in [0.1, 0.15) is 12.5 Å². The van der Waals surface area contributed by atoms with Gasteiger partial charge in [-0.2, -0.15) is 0 Å². The second kappa shape index (κ2) is 21.2. The van der Waals surface area contributed by atoms with Gasteiger partial charge in [-0.05, 0) is 26.7 Å². The first-order valence-corrected chi connectivity index (χ1v) is 12.4. The van der Waals surface area contributed by atoms with E-state index in [1.54, 1.807) is 18.7 Å². The van der Waals surface area contributed by atoms with Crippen LogP contribution in [0.1, 0.15) is 136 Å². The molecule has 3 heteroatoms. The Balaban J connectivity index is 3.24. The molecule has 0 rings (SSSR count). The summed E-state index contributed by atoms with van der Waals surface area (Å²) in [5.41, 5.74) is 0. The molecule has 2 N–H and O–H groups in total. The Kier molecular flexibility index (Phi) is 20.8. The van der Waals surface area contributed by atoms with Crippen LogP contribution < -0.4 is 0 Å². The lowest BCUT2D eigenvalue weighted by Crippen LogP contribution is -2.35. The standard InChI is InChI=1S/C25H51NO2/c1-4-5-6-7-8-9-10-11-12-13-14-15-16-17-18-19-20-21-22-23-26(24(2)27)25(3)28/h22-25,27-28H,4-21H2,1-3H3. The van der Waals surface area contributed by atoms with Crippen LogP contribution in [0.25, 0.3) is 0 Å². The zero-order valence-electron chi connectivity index (χ0n) is 19.4. The van der Waals surface area contributed by atoms with Gasteiger partial charge in [-0.1, -0.05) is 116 Å². The maximum atomic E-state index is 9.55. The fraction of sp³-hybridized carbons (Fsp3) is 0.920. The first-order chi connectivity index (χ1) is 13.6. The Morgan fingerprint density at radius 3 is 1.21 bits per heavy atom. The summed E-state index contributed by atoms with van der Waals surface area (Å²) in [6, 6.07) is 0. The molecule has 0 aromatic rings. The summed E-state index contributed by atoms with van der Waals surface area (Å²) in [4.78, 5) is 1.56. The van der Waals surface area contributed by atoms with Crippen molar-refractivity contribution >= 4 is 0 Å². The van der Waals surface area contributed by atoms with E-state index >= 15 is 0 Å². The minimum Gasteiger partial charge on any atom is -0.374 e. The van der Waals surface area contributed by atoms with Gasteiger partial charge < -0.3 is 15.1 Å². The fourth-order valence-electron chi connectivity index (χ4n) is 3.74. The van der Waals surface area contributed by atoms with Crippen LogP contribution in [0.15, 0.2) is 12.3 Å². The summed E-state index contributed by atoms with van der Waals surface area (Å²) in [6.07, 6.45) is 27.4. The van der Waals surface area contributed by atoms with Crippen LogP contribution in [-0.2, 0) is 0 Å². The van der Waals surface area contributed by atoms with Crippen LogP contribution in [0, 0.1) is 0 Å². The number of unbranched alkanes of at least 4 members (excludes halogenated alkanes) is 17. The van der Waals surface area contributed by atoms with E-state index in [1.165, 1.54) is 109 Å². The molecule has 28 heavy (non-hydrogen) atoms. The van der Waals surface area contributed by atoms with E-state index in [2.05, 4.69) is 13.0 Å². The monoisotopic (exact) mass is 397 g/mol. The Morgan fingerprint density at radius 2 is 0.893 bits per heavy atom. The predicted molar refractivity (Wildman–Crippen MR) is 123 cm³/mol. The van der Waals surface area contributed by atoms with E-state index in [4.69, 9.17) is 0 Å². The Morgan fingerprint density at radius 1 is 0.571 bits per heavy atom. The first kappa shape index (κ1) is 27.5. The summed E-state index contributed by atoms with van der Waals surface area (Å²) in [5, 5.41) is 19.1. The maximum Gasteiger partial charge on any atom is 0.125 e. The summed E-state index contributed by atoms with van der Waals surface area (Å²) >= 11 is 0. The van der Waals surface area contributed by atoms with Gasteiger partial charge in [-0.3, -0.25) is 0 Å². The molecule has 2 atom stereocenters. The van der Waals surface area contributed by atoms with Crippen molar-refractivity contribution in [2.24, 2.45) is 0 Å². The molecule has 0 saturated carbocycles. The third-order valence-corrected chi connectivity index (χ3v) is 5.61. The van der Waals surface area contributed by atoms with Crippen LogP contribution in [-0.4, -0.2) is 27.6 Å². The van der Waals surface area contributed by atoms with Gasteiger partial charge in [-0.15, -0.1) is 0 Å². The van der Waals surface area contributed by atoms with Crippen molar-refractivity contribution in [3.8, 4) is 0 Å². The fourth-order valence-corrected chi connectivity index (χ4v) is 3.74. The number of hydrogen-bond acceptors (Lipinski definition) is 3. The third kappa shape index (κ3) is 18.8. The average molecular weight is 398 g/mol. The highest BCUT2D eigenvalue weighted by Crippen LogP contribution is 2.14. The van der Waals surface area contributed by atoms with Crippen molar-refractivity contribution < 1.29 is 10.2 Å². The second-order valence-corrected chi connectivity index (χ2v) is 8.54. The number of allylic oxidation sites excluding steroid dienone is 1. The van der Waals surface area contributed by atoms with Crippen LogP contribution in [0.5, 0.6) is 0 Å². The average Bonchev–Trinajstić information content (AvgIpc) is 2.65. The highest BCUT2D eigenvalue weighted by Gasteiger charge is 2.10. The quantitative estimate of drug-likeness (QED) is 0.155. The van der Waals surface area contributed by atoms with Crippen LogP contribution in [0.3, 0.4) is 0 Å². The summed E-state index contributed by atoms with van der Waals surface area (Å²) in [5.74, 6) is 0. The van der Waals surface area contributed by atoms with E-state index in [0.717, 1.165) is 6.42 Å². The summed E-state index contributed by atoms with van der Waals surface area (Å²) in [6.45, 7) is 5.63. The van der Waals surface area contributed by atoms with E-state index in [0.29, 0.717) is 0 Å². The largest absolute Gasteiger partial charge is 0.374 e. The van der Waals surface area contributed by atoms with E-state index in [9.17, 15) is 10.2 Å². The molecule has 0 heterocycles. The molecule has 0 radical (unpaired) electrons. The lowest BCUT2D eigenvalue weighted by atomic mass is 10.0. The molecule has 0 aliphatic carbocycles. The number of aliphatic hydroxyl groups excluding tert-OH is 2. The van der Waals surface area contributed by atoms with E-state index in [1.807, 2.05) is 6.20 Å². The zero-order chi connectivity index (χ0) is 20.9. The minimum absolute atomic E-state index is 0.646. The van der Waals surface area contributed by atoms with Gasteiger partial charge in [0.05, 0.1) is 0 Å². The van der Waals surface area contributed by atoms with Gasteiger partial charge in [0.2, 0.25) is 0 Å². The molecule has 0 bridgehead atoms. The molecular formula is C25H51NO2. The third-order valence-electron chi connectivity index (χ3n) is 5.61. The second-order valence-electron chi connectivity index (χ2n) is 8.54. The van der Waals surface area contributed by atoms with Crippen molar-refractivity contribution in [1.82, 2.24) is 4.90 Å².